The Kier molecular flexibility index (Phi) is 11.7. The van der Waals surface area contributed by atoms with Crippen molar-refractivity contribution >= 4 is 53.3 Å². The maximum absolute atomic E-state index is 5.40. The molecule has 0 fully saturated rings. The number of rotatable bonds is 10. The zero-order valence-electron chi connectivity index (χ0n) is 43.4. The van der Waals surface area contributed by atoms with Gasteiger partial charge >= 0.3 is 0 Å². The SMILES string of the molecule is c1ccc(-c2cc(-c3ccccc3)cc(-c3cccc(-c4nc(-c5ccccc5)nc(-c5cccc6sc7ccc(-c8ccc9c(c8)c8ccccc8n9-c8ccc(-c9ccccc9)cc8-c8ccccc8)cc7c56)n4)c3)c2)cc1. The van der Waals surface area contributed by atoms with Crippen molar-refractivity contribution in [2.75, 3.05) is 0 Å². The highest BCUT2D eigenvalue weighted by Gasteiger charge is 2.21. The smallest absolute Gasteiger partial charge is 0.164 e. The van der Waals surface area contributed by atoms with E-state index in [9.17, 15) is 0 Å². The molecule has 0 atom stereocenters. The Hall–Kier alpha value is -10.3. The van der Waals surface area contributed by atoms with Gasteiger partial charge in [0.25, 0.3) is 0 Å². The highest BCUT2D eigenvalue weighted by atomic mass is 32.1. The average molecular weight is 1040 g/mol. The van der Waals surface area contributed by atoms with E-state index in [2.05, 4.69) is 278 Å². The Bertz CT molecular complexity index is 4740. The van der Waals surface area contributed by atoms with Gasteiger partial charge in [0.05, 0.1) is 16.7 Å². The van der Waals surface area contributed by atoms with Crippen LogP contribution in [-0.2, 0) is 0 Å². The molecule has 0 amide bonds. The van der Waals surface area contributed by atoms with Gasteiger partial charge in [-0.1, -0.05) is 218 Å². The largest absolute Gasteiger partial charge is 0.309 e. The number of hydrogen-bond donors (Lipinski definition) is 0. The van der Waals surface area contributed by atoms with E-state index in [1.54, 1.807) is 11.3 Å². The summed E-state index contributed by atoms with van der Waals surface area (Å²) in [5.74, 6) is 1.88. The molecule has 0 saturated carbocycles. The van der Waals surface area contributed by atoms with Gasteiger partial charge in [0.15, 0.2) is 17.5 Å². The molecule has 80 heavy (non-hydrogen) atoms. The second kappa shape index (κ2) is 19.9. The molecule has 5 heteroatoms. The molecule has 0 saturated heterocycles. The molecule has 12 aromatic carbocycles. The number of nitrogens with zero attached hydrogens (tertiary/aromatic N) is 4. The third-order valence-electron chi connectivity index (χ3n) is 15.4. The van der Waals surface area contributed by atoms with Crippen LogP contribution in [0.4, 0.5) is 0 Å². The number of thiophene rings is 1. The lowest BCUT2D eigenvalue weighted by Crippen LogP contribution is -2.00. The lowest BCUT2D eigenvalue weighted by atomic mass is 9.93. The molecule has 3 aromatic heterocycles. The Morgan fingerprint density at radius 1 is 0.237 bits per heavy atom. The lowest BCUT2D eigenvalue weighted by Gasteiger charge is -2.16. The van der Waals surface area contributed by atoms with Crippen LogP contribution in [0.1, 0.15) is 0 Å². The van der Waals surface area contributed by atoms with Crippen molar-refractivity contribution in [2.45, 2.75) is 0 Å². The maximum atomic E-state index is 5.40. The molecule has 0 spiro atoms. The summed E-state index contributed by atoms with van der Waals surface area (Å²) in [7, 11) is 0. The van der Waals surface area contributed by atoms with Crippen molar-refractivity contribution in [1.82, 2.24) is 19.5 Å². The minimum atomic E-state index is 0.617. The van der Waals surface area contributed by atoms with Crippen molar-refractivity contribution in [2.24, 2.45) is 0 Å². The highest BCUT2D eigenvalue weighted by Crippen LogP contribution is 2.44. The number of para-hydroxylation sites is 1. The zero-order valence-corrected chi connectivity index (χ0v) is 44.2. The molecule has 0 aliphatic heterocycles. The van der Waals surface area contributed by atoms with Gasteiger partial charge in [-0.15, -0.1) is 11.3 Å². The number of aromatic nitrogens is 4. The predicted octanol–water partition coefficient (Wildman–Crippen LogP) is 20.3. The molecule has 0 aliphatic rings. The van der Waals surface area contributed by atoms with Gasteiger partial charge < -0.3 is 4.57 Å². The minimum Gasteiger partial charge on any atom is -0.309 e. The van der Waals surface area contributed by atoms with Gasteiger partial charge in [0.2, 0.25) is 0 Å². The third kappa shape index (κ3) is 8.54. The Morgan fingerprint density at radius 3 is 1.36 bits per heavy atom. The molecule has 0 N–H and O–H groups in total. The second-order valence-corrected chi connectivity index (χ2v) is 21.4. The summed E-state index contributed by atoms with van der Waals surface area (Å²) in [6.45, 7) is 0. The van der Waals surface area contributed by atoms with Crippen LogP contribution >= 0.6 is 11.3 Å². The fraction of sp³-hybridized carbons (Fsp3) is 0. The summed E-state index contributed by atoms with van der Waals surface area (Å²) < 4.78 is 4.83. The Morgan fingerprint density at radius 2 is 0.688 bits per heavy atom. The number of benzene rings is 12. The van der Waals surface area contributed by atoms with Crippen LogP contribution in [0.3, 0.4) is 0 Å². The maximum Gasteiger partial charge on any atom is 0.164 e. The van der Waals surface area contributed by atoms with Crippen LogP contribution in [0.15, 0.2) is 291 Å². The first-order chi connectivity index (χ1) is 39.6. The molecular formula is C75H48N4S. The first-order valence-electron chi connectivity index (χ1n) is 27.1. The van der Waals surface area contributed by atoms with Crippen molar-refractivity contribution in [1.29, 1.82) is 0 Å². The highest BCUT2D eigenvalue weighted by molar-refractivity contribution is 7.26. The van der Waals surface area contributed by atoms with E-state index < -0.39 is 0 Å². The summed E-state index contributed by atoms with van der Waals surface area (Å²) >= 11 is 1.80. The van der Waals surface area contributed by atoms with Crippen LogP contribution in [0.5, 0.6) is 0 Å². The summed E-state index contributed by atoms with van der Waals surface area (Å²) in [5, 5.41) is 4.72. The number of fused-ring (bicyclic) bond motifs is 6. The van der Waals surface area contributed by atoms with Crippen LogP contribution in [-0.4, -0.2) is 19.5 Å². The monoisotopic (exact) mass is 1040 g/mol. The molecule has 15 rings (SSSR count). The first kappa shape index (κ1) is 46.9. The van der Waals surface area contributed by atoms with Crippen LogP contribution in [0.25, 0.3) is 149 Å². The summed E-state index contributed by atoms with van der Waals surface area (Å²) in [4.78, 5) is 15.9. The van der Waals surface area contributed by atoms with Crippen molar-refractivity contribution < 1.29 is 0 Å². The van der Waals surface area contributed by atoms with E-state index in [0.29, 0.717) is 17.5 Å². The zero-order chi connectivity index (χ0) is 52.9. The number of hydrogen-bond acceptors (Lipinski definition) is 4. The van der Waals surface area contributed by atoms with E-state index in [0.717, 1.165) is 66.7 Å². The minimum absolute atomic E-state index is 0.617. The van der Waals surface area contributed by atoms with Crippen LogP contribution in [0.2, 0.25) is 0 Å². The van der Waals surface area contributed by atoms with Crippen LogP contribution < -0.4 is 0 Å². The van der Waals surface area contributed by atoms with Gasteiger partial charge in [-0.3, -0.25) is 0 Å². The van der Waals surface area contributed by atoms with E-state index in [1.807, 2.05) is 18.2 Å². The van der Waals surface area contributed by atoms with E-state index in [-0.39, 0.29) is 0 Å². The van der Waals surface area contributed by atoms with Crippen LogP contribution in [0, 0.1) is 0 Å². The molecule has 15 aromatic rings. The van der Waals surface area contributed by atoms with Gasteiger partial charge in [-0.2, -0.15) is 0 Å². The topological polar surface area (TPSA) is 43.6 Å². The van der Waals surface area contributed by atoms with E-state index in [1.165, 1.54) is 64.5 Å². The van der Waals surface area contributed by atoms with Gasteiger partial charge in [-0.25, -0.2) is 15.0 Å². The van der Waals surface area contributed by atoms with Gasteiger partial charge in [0.1, 0.15) is 0 Å². The standard InChI is InChI=1S/C75H48N4S/c1-6-20-49(21-7-1)55-36-39-68(64(46-55)52-26-12-4-13-27-52)79-67-34-17-16-32-62(67)65-47-56(37-40-69(65)79)57-38-41-70-66(48-57)72-63(33-19-35-71(72)80-70)75-77-73(53-28-14-5-15-29-53)76-74(78-75)58-31-18-30-54(42-58)61-44-59(50-22-8-2-9-23-50)43-60(45-61)51-24-10-3-11-25-51/h1-48H. The van der Waals surface area contributed by atoms with E-state index in [4.69, 9.17) is 15.0 Å². The molecule has 3 heterocycles. The molecular weight excluding hydrogens is 989 g/mol. The Labute approximate surface area is 467 Å². The Balaban J connectivity index is 0.853. The lowest BCUT2D eigenvalue weighted by molar-refractivity contribution is 1.08. The fourth-order valence-electron chi connectivity index (χ4n) is 11.6. The quantitative estimate of drug-likeness (QED) is 0.137. The second-order valence-electron chi connectivity index (χ2n) is 20.3. The van der Waals surface area contributed by atoms with Gasteiger partial charge in [0, 0.05) is 53.2 Å². The van der Waals surface area contributed by atoms with Crippen molar-refractivity contribution in [3.63, 3.8) is 0 Å². The molecule has 0 bridgehead atoms. The fourth-order valence-corrected chi connectivity index (χ4v) is 12.7. The molecule has 0 radical (unpaired) electrons. The van der Waals surface area contributed by atoms with Crippen molar-refractivity contribution in [3.8, 4) is 107 Å². The molecule has 0 aliphatic carbocycles. The third-order valence-corrected chi connectivity index (χ3v) is 16.6. The summed E-state index contributed by atoms with van der Waals surface area (Å²) in [6.07, 6.45) is 0. The van der Waals surface area contributed by atoms with Gasteiger partial charge in [-0.05, 0) is 134 Å². The predicted molar refractivity (Wildman–Crippen MR) is 336 cm³/mol. The molecule has 0 unspecified atom stereocenters. The average Bonchev–Trinajstić information content (AvgIpc) is 4.23. The van der Waals surface area contributed by atoms with E-state index >= 15 is 0 Å². The summed E-state index contributed by atoms with van der Waals surface area (Å²) in [5.41, 5.74) is 20.2. The molecule has 374 valence electrons. The van der Waals surface area contributed by atoms with Crippen molar-refractivity contribution in [3.05, 3.63) is 291 Å². The first-order valence-corrected chi connectivity index (χ1v) is 27.9. The summed E-state index contributed by atoms with van der Waals surface area (Å²) in [6, 6.07) is 104. The normalized spacial score (nSPS) is 11.5. The molecule has 4 nitrogen and oxygen atoms in total.